The highest BCUT2D eigenvalue weighted by molar-refractivity contribution is 9.10. The van der Waals surface area contributed by atoms with E-state index >= 15 is 0 Å². The molecule has 0 atom stereocenters. The molecule has 1 aromatic heterocycles. The average Bonchev–Trinajstić information content (AvgIpc) is 3.05. The van der Waals surface area contributed by atoms with Crippen LogP contribution in [-0.4, -0.2) is 11.2 Å². The molecule has 0 fully saturated rings. The molecule has 0 aliphatic rings. The Morgan fingerprint density at radius 3 is 2.64 bits per heavy atom. The third-order valence-electron chi connectivity index (χ3n) is 3.68. The molecule has 0 saturated heterocycles. The van der Waals surface area contributed by atoms with E-state index in [2.05, 4.69) is 25.9 Å². The molecule has 0 spiro atoms. The van der Waals surface area contributed by atoms with E-state index in [1.165, 1.54) is 12.1 Å². The van der Waals surface area contributed by atoms with Gasteiger partial charge in [0.2, 0.25) is 5.89 Å². The number of halogens is 2. The monoisotopic (exact) mass is 394 g/mol. The van der Waals surface area contributed by atoms with Crippen LogP contribution in [-0.2, 0) is 0 Å². The van der Waals surface area contributed by atoms with Gasteiger partial charge >= 0.3 is 0 Å². The number of aliphatic imine (C=N–C) groups is 1. The average molecular weight is 395 g/mol. The van der Waals surface area contributed by atoms with Crippen molar-refractivity contribution in [1.82, 2.24) is 4.98 Å². The first-order valence-electron chi connectivity index (χ1n) is 7.63. The van der Waals surface area contributed by atoms with Gasteiger partial charge in [0.25, 0.3) is 0 Å². The Morgan fingerprint density at radius 2 is 1.84 bits per heavy atom. The second kappa shape index (κ2) is 6.61. The number of benzene rings is 3. The Balaban J connectivity index is 1.65. The molecule has 3 aromatic carbocycles. The van der Waals surface area contributed by atoms with Gasteiger partial charge in [-0.05, 0) is 54.1 Å². The van der Waals surface area contributed by atoms with Crippen LogP contribution in [0.2, 0.25) is 0 Å². The fourth-order valence-electron chi connectivity index (χ4n) is 2.44. The predicted octanol–water partition coefficient (Wildman–Crippen LogP) is 6.15. The van der Waals surface area contributed by atoms with Crippen molar-refractivity contribution < 1.29 is 8.81 Å². The van der Waals surface area contributed by atoms with Crippen molar-refractivity contribution in [2.45, 2.75) is 0 Å². The molecule has 0 aliphatic heterocycles. The Labute approximate surface area is 152 Å². The number of aromatic nitrogens is 1. The lowest BCUT2D eigenvalue weighted by Crippen LogP contribution is -1.79. The Hall–Kier alpha value is -2.79. The fraction of sp³-hybridized carbons (Fsp3) is 0. The summed E-state index contributed by atoms with van der Waals surface area (Å²) in [5.74, 6) is 0.0723. The minimum absolute atomic E-state index is 0.320. The highest BCUT2D eigenvalue weighted by Crippen LogP contribution is 2.27. The highest BCUT2D eigenvalue weighted by Gasteiger charge is 2.09. The second-order valence-corrected chi connectivity index (χ2v) is 6.41. The summed E-state index contributed by atoms with van der Waals surface area (Å²) in [6.45, 7) is 0. The van der Waals surface area contributed by atoms with Crippen molar-refractivity contribution in [1.29, 1.82) is 0 Å². The maximum atomic E-state index is 13.4. The molecular formula is C20H12BrFN2O. The van der Waals surface area contributed by atoms with E-state index in [-0.39, 0.29) is 5.82 Å². The van der Waals surface area contributed by atoms with Crippen LogP contribution in [0.3, 0.4) is 0 Å². The number of oxazole rings is 1. The van der Waals surface area contributed by atoms with Crippen molar-refractivity contribution in [2.75, 3.05) is 0 Å². The molecule has 0 amide bonds. The summed E-state index contributed by atoms with van der Waals surface area (Å²) in [6.07, 6.45) is 1.79. The largest absolute Gasteiger partial charge is 0.436 e. The highest BCUT2D eigenvalue weighted by atomic mass is 79.9. The van der Waals surface area contributed by atoms with Gasteiger partial charge in [-0.15, -0.1) is 0 Å². The summed E-state index contributed by atoms with van der Waals surface area (Å²) < 4.78 is 20.1. The molecule has 0 aliphatic carbocycles. The molecule has 1 heterocycles. The zero-order chi connectivity index (χ0) is 17.2. The second-order valence-electron chi connectivity index (χ2n) is 5.49. The summed E-state index contributed by atoms with van der Waals surface area (Å²) in [5.41, 5.74) is 3.71. The van der Waals surface area contributed by atoms with Gasteiger partial charge in [-0.1, -0.05) is 34.1 Å². The van der Waals surface area contributed by atoms with Crippen LogP contribution in [0.15, 0.2) is 80.6 Å². The SMILES string of the molecule is Fc1cccc(-c2nc3cc(N=Cc4ccc(Br)cc4)ccc3o2)c1. The van der Waals surface area contributed by atoms with Gasteiger partial charge in [0.05, 0.1) is 5.69 Å². The molecule has 3 nitrogen and oxygen atoms in total. The summed E-state index contributed by atoms with van der Waals surface area (Å²) in [6, 6.07) is 19.6. The van der Waals surface area contributed by atoms with Gasteiger partial charge in [0, 0.05) is 16.3 Å². The van der Waals surface area contributed by atoms with Crippen molar-refractivity contribution in [3.8, 4) is 11.5 Å². The van der Waals surface area contributed by atoms with E-state index in [1.54, 1.807) is 18.3 Å². The molecular weight excluding hydrogens is 383 g/mol. The maximum Gasteiger partial charge on any atom is 0.227 e. The quantitative estimate of drug-likeness (QED) is 0.391. The molecule has 4 aromatic rings. The molecule has 0 radical (unpaired) electrons. The first kappa shape index (κ1) is 15.7. The fourth-order valence-corrected chi connectivity index (χ4v) is 2.70. The Kier molecular flexibility index (Phi) is 4.15. The van der Waals surface area contributed by atoms with Crippen LogP contribution in [0.25, 0.3) is 22.6 Å². The molecule has 4 rings (SSSR count). The summed E-state index contributed by atoms with van der Waals surface area (Å²) in [4.78, 5) is 8.91. The van der Waals surface area contributed by atoms with E-state index in [1.807, 2.05) is 42.5 Å². The standard InChI is InChI=1S/C20H12BrFN2O/c21-15-6-4-13(5-7-15)12-23-17-8-9-19-18(11-17)24-20(25-19)14-2-1-3-16(22)10-14/h1-12H. The molecule has 0 bridgehead atoms. The van der Waals surface area contributed by atoms with E-state index in [0.29, 0.717) is 22.6 Å². The van der Waals surface area contributed by atoms with Crippen LogP contribution < -0.4 is 0 Å². The van der Waals surface area contributed by atoms with E-state index < -0.39 is 0 Å². The van der Waals surface area contributed by atoms with Crippen LogP contribution in [0.5, 0.6) is 0 Å². The molecule has 25 heavy (non-hydrogen) atoms. The van der Waals surface area contributed by atoms with Crippen LogP contribution in [0.4, 0.5) is 10.1 Å². The van der Waals surface area contributed by atoms with E-state index in [9.17, 15) is 4.39 Å². The van der Waals surface area contributed by atoms with Gasteiger partial charge in [0.15, 0.2) is 5.58 Å². The van der Waals surface area contributed by atoms with Gasteiger partial charge in [-0.2, -0.15) is 0 Å². The summed E-state index contributed by atoms with van der Waals surface area (Å²) >= 11 is 3.41. The van der Waals surface area contributed by atoms with Crippen molar-refractivity contribution in [3.63, 3.8) is 0 Å². The number of rotatable bonds is 3. The maximum absolute atomic E-state index is 13.4. The molecule has 122 valence electrons. The predicted molar refractivity (Wildman–Crippen MR) is 101 cm³/mol. The summed E-state index contributed by atoms with van der Waals surface area (Å²) in [5, 5.41) is 0. The minimum Gasteiger partial charge on any atom is -0.436 e. The first-order valence-corrected chi connectivity index (χ1v) is 8.43. The topological polar surface area (TPSA) is 38.4 Å². The van der Waals surface area contributed by atoms with Gasteiger partial charge < -0.3 is 4.42 Å². The Bertz CT molecular complexity index is 1070. The smallest absolute Gasteiger partial charge is 0.227 e. The number of hydrogen-bond acceptors (Lipinski definition) is 3. The lowest BCUT2D eigenvalue weighted by molar-refractivity contribution is 0.611. The van der Waals surface area contributed by atoms with E-state index in [4.69, 9.17) is 4.42 Å². The number of hydrogen-bond donors (Lipinski definition) is 0. The van der Waals surface area contributed by atoms with Crippen LogP contribution in [0, 0.1) is 5.82 Å². The Morgan fingerprint density at radius 1 is 1.00 bits per heavy atom. The molecule has 5 heteroatoms. The zero-order valence-corrected chi connectivity index (χ0v) is 14.6. The van der Waals surface area contributed by atoms with Crippen molar-refractivity contribution in [3.05, 3.63) is 82.6 Å². The van der Waals surface area contributed by atoms with Crippen molar-refractivity contribution in [2.24, 2.45) is 4.99 Å². The first-order chi connectivity index (χ1) is 12.2. The minimum atomic E-state index is -0.320. The zero-order valence-electron chi connectivity index (χ0n) is 13.0. The normalized spacial score (nSPS) is 11.4. The molecule has 0 unspecified atom stereocenters. The molecule has 0 N–H and O–H groups in total. The number of fused-ring (bicyclic) bond motifs is 1. The third kappa shape index (κ3) is 3.51. The van der Waals surface area contributed by atoms with Crippen LogP contribution >= 0.6 is 15.9 Å². The summed E-state index contributed by atoms with van der Waals surface area (Å²) in [7, 11) is 0. The molecule has 0 saturated carbocycles. The number of nitrogens with zero attached hydrogens (tertiary/aromatic N) is 2. The van der Waals surface area contributed by atoms with Gasteiger partial charge in [-0.3, -0.25) is 4.99 Å². The third-order valence-corrected chi connectivity index (χ3v) is 4.20. The van der Waals surface area contributed by atoms with Gasteiger partial charge in [0.1, 0.15) is 11.3 Å². The van der Waals surface area contributed by atoms with Crippen LogP contribution in [0.1, 0.15) is 5.56 Å². The van der Waals surface area contributed by atoms with Crippen molar-refractivity contribution >= 4 is 38.9 Å². The van der Waals surface area contributed by atoms with E-state index in [0.717, 1.165) is 15.7 Å². The van der Waals surface area contributed by atoms with Gasteiger partial charge in [-0.25, -0.2) is 9.37 Å². The lowest BCUT2D eigenvalue weighted by Gasteiger charge is -1.95. The lowest BCUT2D eigenvalue weighted by atomic mass is 10.2.